The fourth-order valence-electron chi connectivity index (χ4n) is 2.14. The minimum Gasteiger partial charge on any atom is -0.285 e. The molecule has 3 rings (SSSR count). The van der Waals surface area contributed by atoms with Crippen LogP contribution in [0.2, 0.25) is 0 Å². The molecule has 0 aliphatic rings. The minimum atomic E-state index is -0.352. The van der Waals surface area contributed by atoms with E-state index in [1.54, 1.807) is 0 Å². The van der Waals surface area contributed by atoms with Gasteiger partial charge >= 0.3 is 0 Å². The lowest BCUT2D eigenvalue weighted by Crippen LogP contribution is -2.30. The van der Waals surface area contributed by atoms with Crippen molar-refractivity contribution in [3.05, 3.63) is 55.8 Å². The lowest BCUT2D eigenvalue weighted by molar-refractivity contribution is 1.37. The highest BCUT2D eigenvalue weighted by Gasteiger charge is 2.13. The van der Waals surface area contributed by atoms with E-state index < -0.39 is 0 Å². The van der Waals surface area contributed by atoms with E-state index >= 15 is 0 Å². The van der Waals surface area contributed by atoms with Gasteiger partial charge in [-0.15, -0.1) is 0 Å². The molecule has 16 heavy (non-hydrogen) atoms. The summed E-state index contributed by atoms with van der Waals surface area (Å²) < 4.78 is 0. The molecular weight excluding hydrogens is 200 g/mol. The highest BCUT2D eigenvalue weighted by molar-refractivity contribution is 6.01. The van der Waals surface area contributed by atoms with Crippen LogP contribution in [0.15, 0.2) is 33.9 Å². The first kappa shape index (κ1) is 9.28. The molecule has 0 atom stereocenters. The molecule has 0 saturated carbocycles. The second kappa shape index (κ2) is 2.79. The van der Waals surface area contributed by atoms with E-state index in [-0.39, 0.29) is 10.9 Å². The molecular formula is C14H10O2. The standard InChI is InChI=1S/C14H10O2/c1-7-3-9-5-11-12(14(16)13(11)15)6-10(9)4-8(7)2/h3-6H,1-2H3. The third-order valence-electron chi connectivity index (χ3n) is 3.28. The lowest BCUT2D eigenvalue weighted by atomic mass is 9.96. The smallest absolute Gasteiger partial charge is 0.234 e. The van der Waals surface area contributed by atoms with Crippen LogP contribution in [0.1, 0.15) is 11.1 Å². The zero-order chi connectivity index (χ0) is 11.4. The Morgan fingerprint density at radius 1 is 0.688 bits per heavy atom. The molecule has 0 fully saturated rings. The maximum atomic E-state index is 11.3. The van der Waals surface area contributed by atoms with Crippen LogP contribution in [0.4, 0.5) is 0 Å². The van der Waals surface area contributed by atoms with Gasteiger partial charge in [0.25, 0.3) is 0 Å². The molecule has 0 spiro atoms. The van der Waals surface area contributed by atoms with Crippen LogP contribution in [0, 0.1) is 13.8 Å². The molecule has 2 nitrogen and oxygen atoms in total. The second-order valence-electron chi connectivity index (χ2n) is 4.34. The van der Waals surface area contributed by atoms with Gasteiger partial charge < -0.3 is 0 Å². The molecule has 0 unspecified atom stereocenters. The van der Waals surface area contributed by atoms with Crippen molar-refractivity contribution in [1.29, 1.82) is 0 Å². The first-order chi connectivity index (χ1) is 7.58. The molecule has 0 N–H and O–H groups in total. The van der Waals surface area contributed by atoms with E-state index in [1.807, 2.05) is 26.0 Å². The van der Waals surface area contributed by atoms with Crippen LogP contribution in [0.25, 0.3) is 21.5 Å². The lowest BCUT2D eigenvalue weighted by Gasteiger charge is -2.06. The SMILES string of the molecule is Cc1cc2cc3c(=O)c(=O)c3cc2cc1C. The fourth-order valence-corrected chi connectivity index (χ4v) is 2.14. The van der Waals surface area contributed by atoms with Gasteiger partial charge in [-0.2, -0.15) is 0 Å². The summed E-state index contributed by atoms with van der Waals surface area (Å²) in [6.07, 6.45) is 0. The summed E-state index contributed by atoms with van der Waals surface area (Å²) in [5.74, 6) is 0. The van der Waals surface area contributed by atoms with Gasteiger partial charge in [-0.3, -0.25) is 9.59 Å². The number of hydrogen-bond acceptors (Lipinski definition) is 2. The molecule has 0 aliphatic heterocycles. The van der Waals surface area contributed by atoms with Crippen molar-refractivity contribution in [2.24, 2.45) is 0 Å². The predicted octanol–water partition coefficient (Wildman–Crippen LogP) is 2.21. The van der Waals surface area contributed by atoms with E-state index in [0.29, 0.717) is 10.8 Å². The van der Waals surface area contributed by atoms with E-state index in [4.69, 9.17) is 0 Å². The average molecular weight is 210 g/mol. The monoisotopic (exact) mass is 210 g/mol. The molecule has 0 aliphatic carbocycles. The molecule has 0 saturated heterocycles. The molecule has 2 heteroatoms. The van der Waals surface area contributed by atoms with E-state index in [1.165, 1.54) is 11.1 Å². The zero-order valence-corrected chi connectivity index (χ0v) is 9.13. The summed E-state index contributed by atoms with van der Waals surface area (Å²) in [7, 11) is 0. The van der Waals surface area contributed by atoms with Crippen molar-refractivity contribution in [3.8, 4) is 0 Å². The number of benzene rings is 2. The number of fused-ring (bicyclic) bond motifs is 2. The summed E-state index contributed by atoms with van der Waals surface area (Å²) >= 11 is 0. The van der Waals surface area contributed by atoms with Crippen LogP contribution in [-0.2, 0) is 0 Å². The third kappa shape index (κ3) is 1.01. The first-order valence-corrected chi connectivity index (χ1v) is 5.22. The third-order valence-corrected chi connectivity index (χ3v) is 3.28. The summed E-state index contributed by atoms with van der Waals surface area (Å²) in [4.78, 5) is 22.6. The fraction of sp³-hybridized carbons (Fsp3) is 0.143. The Kier molecular flexibility index (Phi) is 1.62. The second-order valence-corrected chi connectivity index (χ2v) is 4.34. The van der Waals surface area contributed by atoms with Gasteiger partial charge in [0.1, 0.15) is 0 Å². The van der Waals surface area contributed by atoms with Crippen molar-refractivity contribution in [1.82, 2.24) is 0 Å². The van der Waals surface area contributed by atoms with Gasteiger partial charge in [0, 0.05) is 10.8 Å². The van der Waals surface area contributed by atoms with Crippen LogP contribution in [0.5, 0.6) is 0 Å². The number of rotatable bonds is 0. The normalized spacial score (nSPS) is 11.6. The van der Waals surface area contributed by atoms with Gasteiger partial charge in [-0.25, -0.2) is 0 Å². The van der Waals surface area contributed by atoms with E-state index in [0.717, 1.165) is 10.8 Å². The molecule has 0 amide bonds. The Morgan fingerprint density at radius 2 is 1.06 bits per heavy atom. The maximum absolute atomic E-state index is 11.3. The van der Waals surface area contributed by atoms with Gasteiger partial charge in [0.15, 0.2) is 0 Å². The van der Waals surface area contributed by atoms with E-state index in [2.05, 4.69) is 12.1 Å². The summed E-state index contributed by atoms with van der Waals surface area (Å²) in [5, 5.41) is 3.20. The first-order valence-electron chi connectivity index (χ1n) is 5.22. The Labute approximate surface area is 91.8 Å². The Hall–Kier alpha value is -1.96. The Bertz CT molecular complexity index is 734. The highest BCUT2D eigenvalue weighted by atomic mass is 16.2. The molecule has 3 aromatic carbocycles. The van der Waals surface area contributed by atoms with Crippen LogP contribution < -0.4 is 10.9 Å². The van der Waals surface area contributed by atoms with Gasteiger partial charge in [0.2, 0.25) is 10.9 Å². The van der Waals surface area contributed by atoms with Gasteiger partial charge in [-0.05, 0) is 47.9 Å². The summed E-state index contributed by atoms with van der Waals surface area (Å²) in [6, 6.07) is 7.75. The van der Waals surface area contributed by atoms with Crippen molar-refractivity contribution in [2.45, 2.75) is 13.8 Å². The quantitative estimate of drug-likeness (QED) is 0.533. The molecule has 0 radical (unpaired) electrons. The Morgan fingerprint density at radius 3 is 1.44 bits per heavy atom. The average Bonchev–Trinajstić information content (AvgIpc) is 2.28. The predicted molar refractivity (Wildman–Crippen MR) is 65.8 cm³/mol. The Balaban J connectivity index is 2.53. The highest BCUT2D eigenvalue weighted by Crippen LogP contribution is 2.23. The number of aryl methyl sites for hydroxylation is 2. The van der Waals surface area contributed by atoms with Crippen LogP contribution in [-0.4, -0.2) is 0 Å². The molecule has 0 heterocycles. The maximum Gasteiger partial charge on any atom is 0.234 e. The molecule has 78 valence electrons. The van der Waals surface area contributed by atoms with Crippen molar-refractivity contribution in [3.63, 3.8) is 0 Å². The van der Waals surface area contributed by atoms with Crippen molar-refractivity contribution < 1.29 is 0 Å². The molecule has 3 aromatic rings. The molecule has 0 aromatic heterocycles. The molecule has 0 bridgehead atoms. The minimum absolute atomic E-state index is 0.352. The largest absolute Gasteiger partial charge is 0.285 e. The summed E-state index contributed by atoms with van der Waals surface area (Å²) in [6.45, 7) is 4.09. The summed E-state index contributed by atoms with van der Waals surface area (Å²) in [5.41, 5.74) is 1.70. The van der Waals surface area contributed by atoms with Crippen LogP contribution in [0.3, 0.4) is 0 Å². The van der Waals surface area contributed by atoms with E-state index in [9.17, 15) is 9.59 Å². The topological polar surface area (TPSA) is 34.1 Å². The van der Waals surface area contributed by atoms with Gasteiger partial charge in [-0.1, -0.05) is 12.1 Å². The number of hydrogen-bond donors (Lipinski definition) is 0. The zero-order valence-electron chi connectivity index (χ0n) is 9.13. The van der Waals surface area contributed by atoms with Crippen molar-refractivity contribution in [2.75, 3.05) is 0 Å². The van der Waals surface area contributed by atoms with Crippen molar-refractivity contribution >= 4 is 21.5 Å². The van der Waals surface area contributed by atoms with Crippen LogP contribution >= 0.6 is 0 Å². The van der Waals surface area contributed by atoms with Gasteiger partial charge in [0.05, 0.1) is 0 Å².